The molecule has 2 aromatic rings. The summed E-state index contributed by atoms with van der Waals surface area (Å²) in [6.45, 7) is 3.93. The van der Waals surface area contributed by atoms with E-state index in [0.29, 0.717) is 19.0 Å². The van der Waals surface area contributed by atoms with Crippen LogP contribution in [-0.4, -0.2) is 30.2 Å². The highest BCUT2D eigenvalue weighted by molar-refractivity contribution is 5.55. The third kappa shape index (κ3) is 4.01. The van der Waals surface area contributed by atoms with E-state index in [0.717, 1.165) is 17.8 Å². The number of H-pyrrole nitrogens is 1. The van der Waals surface area contributed by atoms with Gasteiger partial charge < -0.3 is 15.0 Å². The first-order valence-electron chi connectivity index (χ1n) is 6.56. The molecule has 5 nitrogen and oxygen atoms in total. The number of aromatic nitrogens is 2. The molecule has 0 amide bonds. The highest BCUT2D eigenvalue weighted by atomic mass is 16.5. The van der Waals surface area contributed by atoms with E-state index in [1.165, 1.54) is 11.6 Å². The highest BCUT2D eigenvalue weighted by Crippen LogP contribution is 2.14. The summed E-state index contributed by atoms with van der Waals surface area (Å²) in [5, 5.41) is 3.18. The molecule has 0 saturated heterocycles. The monoisotopic (exact) mass is 273 g/mol. The van der Waals surface area contributed by atoms with E-state index in [2.05, 4.69) is 15.3 Å². The van der Waals surface area contributed by atoms with Crippen LogP contribution in [0, 0.1) is 6.92 Å². The average molecular weight is 273 g/mol. The molecular formula is C15H19N3O2. The molecular weight excluding hydrogens is 254 g/mol. The van der Waals surface area contributed by atoms with Crippen LogP contribution in [0.1, 0.15) is 11.3 Å². The van der Waals surface area contributed by atoms with E-state index < -0.39 is 0 Å². The lowest BCUT2D eigenvalue weighted by molar-refractivity contribution is 0.199. The molecule has 0 atom stereocenters. The van der Waals surface area contributed by atoms with Crippen LogP contribution < -0.4 is 10.9 Å². The molecule has 0 unspecified atom stereocenters. The Morgan fingerprint density at radius 1 is 1.30 bits per heavy atom. The number of aryl methyl sites for hydroxylation is 1. The number of methoxy groups -OCH3 is 1. The molecule has 0 radical (unpaired) electrons. The van der Waals surface area contributed by atoms with Gasteiger partial charge in [0.1, 0.15) is 5.82 Å². The molecule has 0 bridgehead atoms. The fraction of sp³-hybridized carbons (Fsp3) is 0.333. The van der Waals surface area contributed by atoms with Crippen molar-refractivity contribution in [3.8, 4) is 11.4 Å². The van der Waals surface area contributed by atoms with Crippen molar-refractivity contribution in [2.24, 2.45) is 0 Å². The lowest BCUT2D eigenvalue weighted by Gasteiger charge is -2.06. The van der Waals surface area contributed by atoms with Gasteiger partial charge in [-0.25, -0.2) is 4.98 Å². The summed E-state index contributed by atoms with van der Waals surface area (Å²) in [4.78, 5) is 18.9. The Hall–Kier alpha value is -1.98. The minimum atomic E-state index is -0.140. The third-order valence-electron chi connectivity index (χ3n) is 2.91. The maximum Gasteiger partial charge on any atom is 0.251 e. The van der Waals surface area contributed by atoms with E-state index in [9.17, 15) is 4.79 Å². The molecule has 1 aromatic carbocycles. The third-order valence-corrected chi connectivity index (χ3v) is 2.91. The van der Waals surface area contributed by atoms with Gasteiger partial charge in [0.15, 0.2) is 0 Å². The van der Waals surface area contributed by atoms with Gasteiger partial charge >= 0.3 is 0 Å². The molecule has 0 aliphatic carbocycles. The Kier molecular flexibility index (Phi) is 5.03. The zero-order chi connectivity index (χ0) is 14.4. The minimum Gasteiger partial charge on any atom is -0.383 e. The Morgan fingerprint density at radius 3 is 2.75 bits per heavy atom. The maximum atomic E-state index is 11.7. The summed E-state index contributed by atoms with van der Waals surface area (Å²) in [6.07, 6.45) is 0. The molecule has 0 fully saturated rings. The van der Waals surface area contributed by atoms with E-state index in [-0.39, 0.29) is 5.56 Å². The fourth-order valence-corrected chi connectivity index (χ4v) is 1.84. The first-order chi connectivity index (χ1) is 9.69. The molecule has 2 rings (SSSR count). The van der Waals surface area contributed by atoms with Crippen molar-refractivity contribution < 1.29 is 4.74 Å². The van der Waals surface area contributed by atoms with E-state index in [1.54, 1.807) is 7.11 Å². The van der Waals surface area contributed by atoms with Crippen LogP contribution in [0.5, 0.6) is 0 Å². The predicted molar refractivity (Wildman–Crippen MR) is 78.6 cm³/mol. The van der Waals surface area contributed by atoms with Crippen LogP contribution >= 0.6 is 0 Å². The standard InChI is InChI=1S/C15H19N3O2/c1-11-3-5-12(6-4-11)15-17-13(9-14(19)18-15)10-16-7-8-20-2/h3-6,9,16H,7-8,10H2,1-2H3,(H,17,18,19). The van der Waals surface area contributed by atoms with Crippen LogP contribution in [0.3, 0.4) is 0 Å². The Balaban J connectivity index is 2.16. The fourth-order valence-electron chi connectivity index (χ4n) is 1.84. The summed E-state index contributed by atoms with van der Waals surface area (Å²) in [6, 6.07) is 9.42. The lowest BCUT2D eigenvalue weighted by atomic mass is 10.1. The molecule has 5 heteroatoms. The Bertz CT molecular complexity index is 605. The zero-order valence-electron chi connectivity index (χ0n) is 11.8. The number of rotatable bonds is 6. The SMILES string of the molecule is COCCNCc1cc(=O)[nH]c(-c2ccc(C)cc2)n1. The van der Waals surface area contributed by atoms with Crippen molar-refractivity contribution in [3.63, 3.8) is 0 Å². The molecule has 1 aromatic heterocycles. The molecule has 0 aliphatic heterocycles. The Labute approximate surface area is 118 Å². The van der Waals surface area contributed by atoms with Gasteiger partial charge in [-0.15, -0.1) is 0 Å². The molecule has 2 N–H and O–H groups in total. The first-order valence-corrected chi connectivity index (χ1v) is 6.56. The van der Waals surface area contributed by atoms with E-state index in [1.807, 2.05) is 31.2 Å². The average Bonchev–Trinajstić information content (AvgIpc) is 2.44. The second-order valence-electron chi connectivity index (χ2n) is 4.62. The number of hydrogen-bond donors (Lipinski definition) is 2. The highest BCUT2D eigenvalue weighted by Gasteiger charge is 2.04. The summed E-state index contributed by atoms with van der Waals surface area (Å²) in [7, 11) is 1.66. The van der Waals surface area contributed by atoms with Crippen LogP contribution in [0.4, 0.5) is 0 Å². The smallest absolute Gasteiger partial charge is 0.251 e. The van der Waals surface area contributed by atoms with Gasteiger partial charge in [-0.05, 0) is 6.92 Å². The maximum absolute atomic E-state index is 11.7. The van der Waals surface area contributed by atoms with Crippen molar-refractivity contribution >= 4 is 0 Å². The van der Waals surface area contributed by atoms with Gasteiger partial charge in [-0.3, -0.25) is 4.79 Å². The second-order valence-corrected chi connectivity index (χ2v) is 4.62. The lowest BCUT2D eigenvalue weighted by Crippen LogP contribution is -2.21. The molecule has 0 saturated carbocycles. The summed E-state index contributed by atoms with van der Waals surface area (Å²) in [5.74, 6) is 0.598. The number of hydrogen-bond acceptors (Lipinski definition) is 4. The van der Waals surface area contributed by atoms with Crippen molar-refractivity contribution in [2.75, 3.05) is 20.3 Å². The van der Waals surface area contributed by atoms with Gasteiger partial charge in [-0.2, -0.15) is 0 Å². The van der Waals surface area contributed by atoms with Crippen LogP contribution in [0.15, 0.2) is 35.1 Å². The van der Waals surface area contributed by atoms with Gasteiger partial charge in [0, 0.05) is 31.8 Å². The van der Waals surface area contributed by atoms with Crippen LogP contribution in [0.25, 0.3) is 11.4 Å². The first kappa shape index (κ1) is 14.4. The normalized spacial score (nSPS) is 10.7. The number of nitrogens with zero attached hydrogens (tertiary/aromatic N) is 1. The van der Waals surface area contributed by atoms with Gasteiger partial charge in [0.25, 0.3) is 5.56 Å². The van der Waals surface area contributed by atoms with Crippen molar-refractivity contribution in [1.29, 1.82) is 0 Å². The predicted octanol–water partition coefficient (Wildman–Crippen LogP) is 1.48. The van der Waals surface area contributed by atoms with Crippen molar-refractivity contribution in [1.82, 2.24) is 15.3 Å². The molecule has 1 heterocycles. The Morgan fingerprint density at radius 2 is 2.05 bits per heavy atom. The number of ether oxygens (including phenoxy) is 1. The summed E-state index contributed by atoms with van der Waals surface area (Å²) < 4.78 is 4.96. The molecule has 106 valence electrons. The largest absolute Gasteiger partial charge is 0.383 e. The summed E-state index contributed by atoms with van der Waals surface area (Å²) >= 11 is 0. The van der Waals surface area contributed by atoms with Crippen LogP contribution in [0.2, 0.25) is 0 Å². The van der Waals surface area contributed by atoms with Crippen molar-refractivity contribution in [2.45, 2.75) is 13.5 Å². The summed E-state index contributed by atoms with van der Waals surface area (Å²) in [5.41, 5.74) is 2.67. The van der Waals surface area contributed by atoms with Gasteiger partial charge in [0.2, 0.25) is 0 Å². The van der Waals surface area contributed by atoms with Gasteiger partial charge in [0.05, 0.1) is 12.3 Å². The van der Waals surface area contributed by atoms with Crippen molar-refractivity contribution in [3.05, 3.63) is 51.9 Å². The molecule has 0 spiro atoms. The molecule has 20 heavy (non-hydrogen) atoms. The minimum absolute atomic E-state index is 0.140. The second kappa shape index (κ2) is 6.98. The van der Waals surface area contributed by atoms with E-state index >= 15 is 0 Å². The zero-order valence-corrected chi connectivity index (χ0v) is 11.8. The molecule has 0 aliphatic rings. The van der Waals surface area contributed by atoms with E-state index in [4.69, 9.17) is 4.74 Å². The number of aromatic amines is 1. The number of nitrogens with one attached hydrogen (secondary N) is 2. The number of benzene rings is 1. The van der Waals surface area contributed by atoms with Crippen LogP contribution in [-0.2, 0) is 11.3 Å². The topological polar surface area (TPSA) is 67.0 Å². The quantitative estimate of drug-likeness (QED) is 0.782. The van der Waals surface area contributed by atoms with Gasteiger partial charge in [-0.1, -0.05) is 29.8 Å².